The summed E-state index contributed by atoms with van der Waals surface area (Å²) in [6.45, 7) is 10.2. The SMILES string of the molecule is Cc1[nH]c(C=C2C(=O)NN=C2c2cccnn2)c(C(C)C)c1CCCN1CCCC1. The fourth-order valence-corrected chi connectivity index (χ4v) is 4.53. The molecule has 0 bridgehead atoms. The van der Waals surface area contributed by atoms with E-state index in [0.717, 1.165) is 25.1 Å². The summed E-state index contributed by atoms with van der Waals surface area (Å²) in [5.41, 5.74) is 9.05. The van der Waals surface area contributed by atoms with Gasteiger partial charge in [-0.3, -0.25) is 4.79 Å². The predicted molar refractivity (Wildman–Crippen MR) is 118 cm³/mol. The summed E-state index contributed by atoms with van der Waals surface area (Å²) in [5.74, 6) is 0.137. The highest BCUT2D eigenvalue weighted by Gasteiger charge is 2.27. The Morgan fingerprint density at radius 2 is 2.07 bits per heavy atom. The van der Waals surface area contributed by atoms with Crippen molar-refractivity contribution in [2.24, 2.45) is 5.10 Å². The molecule has 0 unspecified atom stereocenters. The van der Waals surface area contributed by atoms with Crippen LogP contribution in [0, 0.1) is 6.92 Å². The average molecular weight is 407 g/mol. The maximum Gasteiger partial charge on any atom is 0.273 e. The molecule has 0 spiro atoms. The smallest absolute Gasteiger partial charge is 0.273 e. The van der Waals surface area contributed by atoms with Crippen molar-refractivity contribution in [1.29, 1.82) is 0 Å². The number of amides is 1. The standard InChI is InChI=1S/C23H30N6O/c1-15(2)21-17(8-7-13-29-11-4-5-12-29)16(3)25-20(21)14-18-22(27-28-23(18)30)19-9-6-10-24-26-19/h6,9-10,14-15,25H,4-5,7-8,11-13H2,1-3H3,(H,28,30). The molecule has 158 valence electrons. The zero-order valence-electron chi connectivity index (χ0n) is 18.0. The van der Waals surface area contributed by atoms with E-state index in [0.29, 0.717) is 22.9 Å². The topological polar surface area (TPSA) is 86.3 Å². The van der Waals surface area contributed by atoms with E-state index < -0.39 is 0 Å². The van der Waals surface area contributed by atoms with E-state index >= 15 is 0 Å². The minimum absolute atomic E-state index is 0.215. The molecule has 7 nitrogen and oxygen atoms in total. The van der Waals surface area contributed by atoms with Crippen LogP contribution < -0.4 is 5.43 Å². The van der Waals surface area contributed by atoms with Crippen LogP contribution >= 0.6 is 0 Å². The number of nitrogens with one attached hydrogen (secondary N) is 2. The van der Waals surface area contributed by atoms with E-state index in [1.54, 1.807) is 12.3 Å². The lowest BCUT2D eigenvalue weighted by Crippen LogP contribution is -2.20. The molecule has 0 radical (unpaired) electrons. The number of aromatic nitrogens is 3. The summed E-state index contributed by atoms with van der Waals surface area (Å²) in [5, 5.41) is 12.2. The van der Waals surface area contributed by atoms with Crippen molar-refractivity contribution >= 4 is 17.7 Å². The van der Waals surface area contributed by atoms with Crippen LogP contribution in [0.4, 0.5) is 0 Å². The Kier molecular flexibility index (Phi) is 6.08. The van der Waals surface area contributed by atoms with Crippen molar-refractivity contribution in [3.8, 4) is 0 Å². The van der Waals surface area contributed by atoms with Crippen molar-refractivity contribution in [2.45, 2.75) is 52.4 Å². The molecule has 4 rings (SSSR count). The Morgan fingerprint density at radius 1 is 1.27 bits per heavy atom. The lowest BCUT2D eigenvalue weighted by molar-refractivity contribution is -0.116. The number of rotatable bonds is 7. The van der Waals surface area contributed by atoms with E-state index in [4.69, 9.17) is 0 Å². The number of carbonyl (C=O) groups is 1. The number of nitrogens with zero attached hydrogens (tertiary/aromatic N) is 4. The van der Waals surface area contributed by atoms with E-state index in [1.165, 1.54) is 42.8 Å². The number of aromatic amines is 1. The summed E-state index contributed by atoms with van der Waals surface area (Å²) in [4.78, 5) is 18.6. The minimum Gasteiger partial charge on any atom is -0.359 e. The fourth-order valence-electron chi connectivity index (χ4n) is 4.53. The van der Waals surface area contributed by atoms with Gasteiger partial charge in [0.1, 0.15) is 11.4 Å². The molecule has 2 aromatic rings. The van der Waals surface area contributed by atoms with Crippen molar-refractivity contribution in [1.82, 2.24) is 25.5 Å². The van der Waals surface area contributed by atoms with Gasteiger partial charge in [0.15, 0.2) is 0 Å². The van der Waals surface area contributed by atoms with Crippen LogP contribution in [0.5, 0.6) is 0 Å². The van der Waals surface area contributed by atoms with Gasteiger partial charge >= 0.3 is 0 Å². The van der Waals surface area contributed by atoms with Crippen molar-refractivity contribution in [3.63, 3.8) is 0 Å². The first-order valence-corrected chi connectivity index (χ1v) is 10.9. The molecular formula is C23H30N6O. The van der Waals surface area contributed by atoms with E-state index in [2.05, 4.69) is 51.4 Å². The van der Waals surface area contributed by atoms with Crippen LogP contribution in [0.1, 0.15) is 67.2 Å². The van der Waals surface area contributed by atoms with Gasteiger partial charge in [0.25, 0.3) is 5.91 Å². The molecule has 1 saturated heterocycles. The zero-order valence-corrected chi connectivity index (χ0v) is 18.0. The highest BCUT2D eigenvalue weighted by Crippen LogP contribution is 2.30. The second-order valence-electron chi connectivity index (χ2n) is 8.43. The molecule has 0 saturated carbocycles. The first kappa shape index (κ1) is 20.5. The molecule has 7 heteroatoms. The molecule has 30 heavy (non-hydrogen) atoms. The van der Waals surface area contributed by atoms with Gasteiger partial charge in [-0.2, -0.15) is 10.2 Å². The monoisotopic (exact) mass is 406 g/mol. The maximum atomic E-state index is 12.5. The van der Waals surface area contributed by atoms with Gasteiger partial charge in [-0.05, 0) is 87.5 Å². The normalized spacial score (nSPS) is 18.5. The first-order valence-electron chi connectivity index (χ1n) is 10.9. The Morgan fingerprint density at radius 3 is 2.77 bits per heavy atom. The van der Waals surface area contributed by atoms with Gasteiger partial charge in [0.2, 0.25) is 0 Å². The quantitative estimate of drug-likeness (QED) is 0.692. The predicted octanol–water partition coefficient (Wildman–Crippen LogP) is 3.18. The minimum atomic E-state index is -0.215. The van der Waals surface area contributed by atoms with Gasteiger partial charge in [0, 0.05) is 17.6 Å². The third kappa shape index (κ3) is 4.21. The third-order valence-electron chi connectivity index (χ3n) is 5.94. The van der Waals surface area contributed by atoms with Gasteiger partial charge in [0.05, 0.1) is 5.57 Å². The molecule has 0 aliphatic carbocycles. The molecular weight excluding hydrogens is 376 g/mol. The Balaban J connectivity index is 1.61. The van der Waals surface area contributed by atoms with Crippen LogP contribution in [0.15, 0.2) is 29.0 Å². The van der Waals surface area contributed by atoms with E-state index in [-0.39, 0.29) is 5.91 Å². The molecule has 1 fully saturated rings. The Labute approximate surface area is 177 Å². The second-order valence-corrected chi connectivity index (χ2v) is 8.43. The molecule has 2 aliphatic rings. The summed E-state index contributed by atoms with van der Waals surface area (Å²) in [6, 6.07) is 3.61. The average Bonchev–Trinajstić information content (AvgIpc) is 3.44. The third-order valence-corrected chi connectivity index (χ3v) is 5.94. The molecule has 4 heterocycles. The van der Waals surface area contributed by atoms with Crippen LogP contribution in [-0.4, -0.2) is 51.3 Å². The number of hydrazone groups is 1. The van der Waals surface area contributed by atoms with Crippen LogP contribution in [-0.2, 0) is 11.2 Å². The highest BCUT2D eigenvalue weighted by molar-refractivity contribution is 6.32. The first-order chi connectivity index (χ1) is 14.5. The van der Waals surface area contributed by atoms with Gasteiger partial charge in [-0.1, -0.05) is 13.8 Å². The number of H-pyrrole nitrogens is 1. The van der Waals surface area contributed by atoms with E-state index in [1.807, 2.05) is 12.1 Å². The zero-order chi connectivity index (χ0) is 21.1. The van der Waals surface area contributed by atoms with E-state index in [9.17, 15) is 4.79 Å². The number of likely N-dealkylation sites (tertiary alicyclic amines) is 1. The lowest BCUT2D eigenvalue weighted by Gasteiger charge is -2.15. The van der Waals surface area contributed by atoms with Crippen molar-refractivity contribution in [2.75, 3.05) is 19.6 Å². The summed E-state index contributed by atoms with van der Waals surface area (Å²) in [6.07, 6.45) is 8.39. The molecule has 2 aromatic heterocycles. The number of aryl methyl sites for hydroxylation is 1. The van der Waals surface area contributed by atoms with Crippen molar-refractivity contribution < 1.29 is 4.79 Å². The molecule has 1 amide bonds. The maximum absolute atomic E-state index is 12.5. The largest absolute Gasteiger partial charge is 0.359 e. The van der Waals surface area contributed by atoms with Gasteiger partial charge in [-0.25, -0.2) is 5.43 Å². The van der Waals surface area contributed by atoms with Gasteiger partial charge in [-0.15, -0.1) is 5.10 Å². The molecule has 0 atom stereocenters. The summed E-state index contributed by atoms with van der Waals surface area (Å²) >= 11 is 0. The van der Waals surface area contributed by atoms with Gasteiger partial charge < -0.3 is 9.88 Å². The number of hydrogen-bond acceptors (Lipinski definition) is 5. The Hall–Kier alpha value is -2.80. The molecule has 0 aromatic carbocycles. The van der Waals surface area contributed by atoms with Crippen LogP contribution in [0.3, 0.4) is 0 Å². The number of hydrogen-bond donors (Lipinski definition) is 2. The van der Waals surface area contributed by atoms with Crippen LogP contribution in [0.2, 0.25) is 0 Å². The van der Waals surface area contributed by atoms with Crippen LogP contribution in [0.25, 0.3) is 6.08 Å². The summed E-state index contributed by atoms with van der Waals surface area (Å²) < 4.78 is 0. The molecule has 2 aliphatic heterocycles. The fraction of sp³-hybridized carbons (Fsp3) is 0.478. The lowest BCUT2D eigenvalue weighted by atomic mass is 9.93. The number of carbonyl (C=O) groups excluding carboxylic acids is 1. The highest BCUT2D eigenvalue weighted by atomic mass is 16.2. The molecule has 2 N–H and O–H groups in total. The van der Waals surface area contributed by atoms with Crippen molar-refractivity contribution in [3.05, 3.63) is 52.1 Å². The summed E-state index contributed by atoms with van der Waals surface area (Å²) in [7, 11) is 0. The Bertz CT molecular complexity index is 967. The second kappa shape index (κ2) is 8.92.